The van der Waals surface area contributed by atoms with Crippen LogP contribution in [0.5, 0.6) is 0 Å². The van der Waals surface area contributed by atoms with Crippen LogP contribution in [0, 0.1) is 0 Å². The fourth-order valence-electron chi connectivity index (χ4n) is 3.01. The van der Waals surface area contributed by atoms with Gasteiger partial charge in [0, 0.05) is 12.6 Å². The summed E-state index contributed by atoms with van der Waals surface area (Å²) < 4.78 is 0. The zero-order chi connectivity index (χ0) is 15.2. The van der Waals surface area contributed by atoms with Crippen LogP contribution in [0.1, 0.15) is 90.4 Å². The van der Waals surface area contributed by atoms with E-state index in [-0.39, 0.29) is 0 Å². The van der Waals surface area contributed by atoms with Crippen LogP contribution < -0.4 is 16.6 Å². The Labute approximate surface area is 131 Å². The maximum Gasteiger partial charge on any atom is 0.205 e. The topological polar surface area (TPSA) is 62.4 Å². The van der Waals surface area contributed by atoms with E-state index < -0.39 is 0 Å². The molecule has 1 aliphatic carbocycles. The monoisotopic (exact) mass is 296 g/mol. The van der Waals surface area contributed by atoms with Crippen molar-refractivity contribution < 1.29 is 0 Å². The molecule has 21 heavy (non-hydrogen) atoms. The molecule has 0 saturated heterocycles. The third kappa shape index (κ3) is 9.72. The van der Waals surface area contributed by atoms with Gasteiger partial charge >= 0.3 is 0 Å². The summed E-state index contributed by atoms with van der Waals surface area (Å²) in [7, 11) is 0. The average Bonchev–Trinajstić information content (AvgIpc) is 2.53. The van der Waals surface area contributed by atoms with Crippen molar-refractivity contribution in [3.05, 3.63) is 0 Å². The first-order chi connectivity index (χ1) is 10.4. The van der Waals surface area contributed by atoms with Crippen molar-refractivity contribution >= 4 is 5.96 Å². The van der Waals surface area contributed by atoms with Crippen LogP contribution in [0.25, 0.3) is 0 Å². The molecule has 0 bridgehead atoms. The van der Waals surface area contributed by atoms with Crippen molar-refractivity contribution in [2.45, 2.75) is 96.4 Å². The second kappa shape index (κ2) is 12.9. The fraction of sp³-hybridized carbons (Fsp3) is 0.941. The molecular weight excluding hydrogens is 260 g/mol. The maximum atomic E-state index is 5.56. The Hall–Kier alpha value is -0.770. The van der Waals surface area contributed by atoms with E-state index in [2.05, 4.69) is 22.7 Å². The van der Waals surface area contributed by atoms with Gasteiger partial charge in [0.25, 0.3) is 0 Å². The van der Waals surface area contributed by atoms with Crippen LogP contribution >= 0.6 is 0 Å². The molecule has 4 nitrogen and oxygen atoms in total. The van der Waals surface area contributed by atoms with Crippen molar-refractivity contribution in [3.63, 3.8) is 0 Å². The number of hydrogen-bond donors (Lipinski definition) is 3. The summed E-state index contributed by atoms with van der Waals surface area (Å²) in [5, 5.41) is 3.44. The zero-order valence-corrected chi connectivity index (χ0v) is 14.0. The Kier molecular flexibility index (Phi) is 11.3. The highest BCUT2D eigenvalue weighted by atomic mass is 15.3. The van der Waals surface area contributed by atoms with Crippen LogP contribution in [-0.2, 0) is 0 Å². The first-order valence-corrected chi connectivity index (χ1v) is 9.14. The number of unbranched alkanes of at least 4 members (excludes halogenated alkanes) is 7. The molecule has 0 aromatic heterocycles. The quantitative estimate of drug-likeness (QED) is 0.188. The molecule has 4 heteroatoms. The number of hydrazine groups is 1. The average molecular weight is 297 g/mol. The van der Waals surface area contributed by atoms with Crippen molar-refractivity contribution in [1.82, 2.24) is 10.7 Å². The Morgan fingerprint density at radius 3 is 2.19 bits per heavy atom. The van der Waals surface area contributed by atoms with Gasteiger partial charge in [0.1, 0.15) is 0 Å². The Morgan fingerprint density at radius 2 is 1.57 bits per heavy atom. The molecule has 0 spiro atoms. The van der Waals surface area contributed by atoms with Crippen LogP contribution in [0.4, 0.5) is 0 Å². The van der Waals surface area contributed by atoms with Crippen molar-refractivity contribution in [3.8, 4) is 0 Å². The highest BCUT2D eigenvalue weighted by molar-refractivity contribution is 5.79. The summed E-state index contributed by atoms with van der Waals surface area (Å²) >= 11 is 0. The molecule has 0 unspecified atom stereocenters. The minimum atomic E-state index is 0.562. The van der Waals surface area contributed by atoms with Crippen LogP contribution in [0.15, 0.2) is 4.99 Å². The largest absolute Gasteiger partial charge is 0.353 e. The Morgan fingerprint density at radius 1 is 0.952 bits per heavy atom. The van der Waals surface area contributed by atoms with E-state index in [1.807, 2.05) is 0 Å². The standard InChI is InChI=1S/C17H36N4/c1-2-3-4-5-6-7-8-12-15-19-17(21-18)20-16-13-10-9-11-14-16/h16H,2-15,18H2,1H3,(H2,19,20,21). The van der Waals surface area contributed by atoms with Gasteiger partial charge in [0.15, 0.2) is 0 Å². The van der Waals surface area contributed by atoms with Gasteiger partial charge < -0.3 is 5.32 Å². The van der Waals surface area contributed by atoms with Gasteiger partial charge in [0.2, 0.25) is 5.96 Å². The summed E-state index contributed by atoms with van der Waals surface area (Å²) in [5.41, 5.74) is 2.71. The molecule has 0 aromatic carbocycles. The highest BCUT2D eigenvalue weighted by Crippen LogP contribution is 2.17. The molecule has 1 rings (SSSR count). The van der Waals surface area contributed by atoms with Crippen LogP contribution in [-0.4, -0.2) is 18.5 Å². The van der Waals surface area contributed by atoms with Gasteiger partial charge in [-0.2, -0.15) is 0 Å². The number of nitrogens with zero attached hydrogens (tertiary/aromatic N) is 1. The van der Waals surface area contributed by atoms with Gasteiger partial charge in [0.05, 0.1) is 0 Å². The Balaban J connectivity index is 2.01. The van der Waals surface area contributed by atoms with E-state index >= 15 is 0 Å². The summed E-state index contributed by atoms with van der Waals surface area (Å²) in [4.78, 5) is 4.55. The lowest BCUT2D eigenvalue weighted by atomic mass is 9.96. The van der Waals surface area contributed by atoms with Gasteiger partial charge in [-0.15, -0.1) is 0 Å². The zero-order valence-electron chi connectivity index (χ0n) is 14.0. The van der Waals surface area contributed by atoms with E-state index in [4.69, 9.17) is 5.84 Å². The molecule has 124 valence electrons. The SMILES string of the molecule is CCCCCCCCCCN=C(NN)NC1CCCCC1. The molecule has 0 radical (unpaired) electrons. The normalized spacial score (nSPS) is 17.0. The number of guanidine groups is 1. The summed E-state index contributed by atoms with van der Waals surface area (Å²) in [6, 6.07) is 0.562. The number of nitrogens with two attached hydrogens (primary N) is 1. The maximum absolute atomic E-state index is 5.56. The molecule has 1 aliphatic rings. The first kappa shape index (κ1) is 18.3. The van der Waals surface area contributed by atoms with E-state index in [0.717, 1.165) is 12.5 Å². The smallest absolute Gasteiger partial charge is 0.205 e. The van der Waals surface area contributed by atoms with Crippen molar-refractivity contribution in [2.75, 3.05) is 6.54 Å². The second-order valence-corrected chi connectivity index (χ2v) is 6.33. The van der Waals surface area contributed by atoms with Crippen molar-refractivity contribution in [1.29, 1.82) is 0 Å². The third-order valence-corrected chi connectivity index (χ3v) is 4.36. The van der Waals surface area contributed by atoms with E-state index in [9.17, 15) is 0 Å². The molecule has 0 aromatic rings. The van der Waals surface area contributed by atoms with Gasteiger partial charge in [-0.25, -0.2) is 5.84 Å². The summed E-state index contributed by atoms with van der Waals surface area (Å²) in [5.74, 6) is 6.34. The van der Waals surface area contributed by atoms with Gasteiger partial charge in [-0.05, 0) is 19.3 Å². The molecule has 4 N–H and O–H groups in total. The van der Waals surface area contributed by atoms with Crippen molar-refractivity contribution in [2.24, 2.45) is 10.8 Å². The minimum absolute atomic E-state index is 0.562. The minimum Gasteiger partial charge on any atom is -0.353 e. The number of nitrogens with one attached hydrogen (secondary N) is 2. The Bertz CT molecular complexity index is 260. The summed E-state index contributed by atoms with van der Waals surface area (Å²) in [6.07, 6.45) is 17.2. The lowest BCUT2D eigenvalue weighted by Crippen LogP contribution is -2.47. The third-order valence-electron chi connectivity index (χ3n) is 4.36. The number of aliphatic imine (C=N–C) groups is 1. The first-order valence-electron chi connectivity index (χ1n) is 9.14. The molecule has 0 aliphatic heterocycles. The van der Waals surface area contributed by atoms with E-state index in [1.165, 1.54) is 83.5 Å². The molecule has 1 saturated carbocycles. The predicted molar refractivity (Wildman–Crippen MR) is 92.2 cm³/mol. The number of hydrogen-bond acceptors (Lipinski definition) is 2. The number of rotatable bonds is 10. The predicted octanol–water partition coefficient (Wildman–Crippen LogP) is 3.87. The van der Waals surface area contributed by atoms with Gasteiger partial charge in [-0.1, -0.05) is 71.1 Å². The van der Waals surface area contributed by atoms with Crippen LogP contribution in [0.3, 0.4) is 0 Å². The molecular formula is C17H36N4. The van der Waals surface area contributed by atoms with Crippen LogP contribution in [0.2, 0.25) is 0 Å². The molecule has 0 atom stereocenters. The lowest BCUT2D eigenvalue weighted by Gasteiger charge is -2.24. The second-order valence-electron chi connectivity index (χ2n) is 6.33. The fourth-order valence-corrected chi connectivity index (χ4v) is 3.01. The lowest BCUT2D eigenvalue weighted by molar-refractivity contribution is 0.410. The van der Waals surface area contributed by atoms with E-state index in [0.29, 0.717) is 6.04 Å². The summed E-state index contributed by atoms with van der Waals surface area (Å²) in [6.45, 7) is 3.15. The van der Waals surface area contributed by atoms with E-state index in [1.54, 1.807) is 0 Å². The molecule has 0 heterocycles. The molecule has 0 amide bonds. The van der Waals surface area contributed by atoms with Gasteiger partial charge in [-0.3, -0.25) is 10.4 Å². The molecule has 1 fully saturated rings. The highest BCUT2D eigenvalue weighted by Gasteiger charge is 2.13.